The average Bonchev–Trinajstić information content (AvgIpc) is 2.23. The van der Waals surface area contributed by atoms with Crippen LogP contribution >= 0.6 is 11.6 Å². The van der Waals surface area contributed by atoms with Gasteiger partial charge in [0.2, 0.25) is 0 Å². The van der Waals surface area contributed by atoms with Crippen LogP contribution in [-0.4, -0.2) is 9.97 Å². The molecule has 0 aliphatic carbocycles. The predicted octanol–water partition coefficient (Wildman–Crippen LogP) is 3.54. The number of halogens is 1. The van der Waals surface area contributed by atoms with Crippen molar-refractivity contribution in [2.45, 2.75) is 26.7 Å². The van der Waals surface area contributed by atoms with Crippen LogP contribution in [0.4, 0.5) is 0 Å². The van der Waals surface area contributed by atoms with E-state index in [4.69, 9.17) is 11.6 Å². The number of aromatic nitrogens is 2. The van der Waals surface area contributed by atoms with Crippen molar-refractivity contribution in [1.29, 1.82) is 0 Å². The molecule has 0 N–H and O–H groups in total. The Kier molecular flexibility index (Phi) is 2.87. The number of rotatable bonds is 2. The zero-order valence-corrected chi connectivity index (χ0v) is 9.67. The first-order chi connectivity index (χ1) is 7.22. The van der Waals surface area contributed by atoms with Gasteiger partial charge in [0.1, 0.15) is 5.15 Å². The largest absolute Gasteiger partial charge is 0.253 e. The van der Waals surface area contributed by atoms with Crippen LogP contribution in [0.5, 0.6) is 0 Å². The standard InChI is InChI=1S/C12H13ClN2/c1-3-4-10-11-9(7-14-12(10)13)6-5-8(2)15-11/h5-7H,3-4H2,1-2H3. The summed E-state index contributed by atoms with van der Waals surface area (Å²) in [5, 5.41) is 1.65. The smallest absolute Gasteiger partial charge is 0.134 e. The van der Waals surface area contributed by atoms with Gasteiger partial charge in [-0.05, 0) is 25.5 Å². The maximum Gasteiger partial charge on any atom is 0.134 e. The molecular weight excluding hydrogens is 208 g/mol. The Morgan fingerprint density at radius 1 is 1.33 bits per heavy atom. The first-order valence-corrected chi connectivity index (χ1v) is 5.51. The van der Waals surface area contributed by atoms with Crippen molar-refractivity contribution in [3.05, 3.63) is 34.7 Å². The molecule has 3 heteroatoms. The number of aryl methyl sites for hydroxylation is 2. The normalized spacial score (nSPS) is 10.9. The molecule has 0 spiro atoms. The zero-order valence-electron chi connectivity index (χ0n) is 8.92. The van der Waals surface area contributed by atoms with Crippen LogP contribution in [0.2, 0.25) is 5.15 Å². The van der Waals surface area contributed by atoms with E-state index in [2.05, 4.69) is 16.9 Å². The molecule has 0 saturated carbocycles. The van der Waals surface area contributed by atoms with Crippen molar-refractivity contribution in [1.82, 2.24) is 9.97 Å². The fraction of sp³-hybridized carbons (Fsp3) is 0.333. The number of fused-ring (bicyclic) bond motifs is 1. The summed E-state index contributed by atoms with van der Waals surface area (Å²) in [5.41, 5.74) is 3.08. The highest BCUT2D eigenvalue weighted by Crippen LogP contribution is 2.23. The lowest BCUT2D eigenvalue weighted by atomic mass is 10.1. The van der Waals surface area contributed by atoms with Gasteiger partial charge in [0.25, 0.3) is 0 Å². The molecule has 0 unspecified atom stereocenters. The number of hydrogen-bond donors (Lipinski definition) is 0. The summed E-state index contributed by atoms with van der Waals surface area (Å²) >= 11 is 6.08. The van der Waals surface area contributed by atoms with E-state index in [1.165, 1.54) is 0 Å². The van der Waals surface area contributed by atoms with Gasteiger partial charge in [-0.25, -0.2) is 4.98 Å². The summed E-state index contributed by atoms with van der Waals surface area (Å²) < 4.78 is 0. The van der Waals surface area contributed by atoms with Gasteiger partial charge in [-0.15, -0.1) is 0 Å². The van der Waals surface area contributed by atoms with E-state index >= 15 is 0 Å². The van der Waals surface area contributed by atoms with Crippen LogP contribution in [0.1, 0.15) is 24.6 Å². The Morgan fingerprint density at radius 3 is 2.87 bits per heavy atom. The third-order valence-electron chi connectivity index (χ3n) is 2.42. The Bertz CT molecular complexity index is 489. The van der Waals surface area contributed by atoms with Crippen molar-refractivity contribution in [3.63, 3.8) is 0 Å². The van der Waals surface area contributed by atoms with Gasteiger partial charge in [-0.1, -0.05) is 24.9 Å². The minimum Gasteiger partial charge on any atom is -0.253 e. The Balaban J connectivity index is 2.72. The first kappa shape index (κ1) is 10.4. The quantitative estimate of drug-likeness (QED) is 0.724. The molecule has 0 radical (unpaired) electrons. The van der Waals surface area contributed by atoms with E-state index in [1.807, 2.05) is 19.1 Å². The summed E-state index contributed by atoms with van der Waals surface area (Å²) in [6.07, 6.45) is 3.76. The second-order valence-electron chi connectivity index (χ2n) is 3.67. The van der Waals surface area contributed by atoms with Crippen LogP contribution in [0, 0.1) is 6.92 Å². The predicted molar refractivity (Wildman–Crippen MR) is 63.3 cm³/mol. The van der Waals surface area contributed by atoms with Crippen LogP contribution in [0.3, 0.4) is 0 Å². The fourth-order valence-corrected chi connectivity index (χ4v) is 1.92. The van der Waals surface area contributed by atoms with E-state index in [-0.39, 0.29) is 0 Å². The van der Waals surface area contributed by atoms with Gasteiger partial charge in [-0.2, -0.15) is 0 Å². The summed E-state index contributed by atoms with van der Waals surface area (Å²) in [4.78, 5) is 8.71. The van der Waals surface area contributed by atoms with Crippen molar-refractivity contribution in [2.24, 2.45) is 0 Å². The summed E-state index contributed by atoms with van der Waals surface area (Å²) in [5.74, 6) is 0. The summed E-state index contributed by atoms with van der Waals surface area (Å²) in [6.45, 7) is 4.12. The molecule has 0 atom stereocenters. The monoisotopic (exact) mass is 220 g/mol. The van der Waals surface area contributed by atoms with Crippen LogP contribution in [0.15, 0.2) is 18.3 Å². The molecule has 15 heavy (non-hydrogen) atoms. The zero-order chi connectivity index (χ0) is 10.8. The Hall–Kier alpha value is -1.15. The van der Waals surface area contributed by atoms with Gasteiger partial charge in [0.15, 0.2) is 0 Å². The highest BCUT2D eigenvalue weighted by molar-refractivity contribution is 6.31. The first-order valence-electron chi connectivity index (χ1n) is 5.13. The third-order valence-corrected chi connectivity index (χ3v) is 2.74. The molecule has 2 aromatic heterocycles. The van der Waals surface area contributed by atoms with Crippen molar-refractivity contribution < 1.29 is 0 Å². The van der Waals surface area contributed by atoms with Gasteiger partial charge in [-0.3, -0.25) is 4.98 Å². The molecular formula is C12H13ClN2. The second kappa shape index (κ2) is 4.15. The van der Waals surface area contributed by atoms with E-state index in [9.17, 15) is 0 Å². The van der Waals surface area contributed by atoms with E-state index in [0.29, 0.717) is 5.15 Å². The molecule has 2 heterocycles. The summed E-state index contributed by atoms with van der Waals surface area (Å²) in [7, 11) is 0. The van der Waals surface area contributed by atoms with Crippen LogP contribution in [-0.2, 0) is 6.42 Å². The molecule has 0 aliphatic rings. The van der Waals surface area contributed by atoms with Crippen molar-refractivity contribution in [3.8, 4) is 0 Å². The molecule has 0 amide bonds. The average molecular weight is 221 g/mol. The van der Waals surface area contributed by atoms with Gasteiger partial charge in [0, 0.05) is 22.8 Å². The lowest BCUT2D eigenvalue weighted by molar-refractivity contribution is 0.918. The summed E-state index contributed by atoms with van der Waals surface area (Å²) in [6, 6.07) is 4.04. The van der Waals surface area contributed by atoms with Gasteiger partial charge >= 0.3 is 0 Å². The van der Waals surface area contributed by atoms with Crippen LogP contribution in [0.25, 0.3) is 10.9 Å². The molecule has 0 aromatic carbocycles. The molecule has 2 rings (SSSR count). The van der Waals surface area contributed by atoms with Gasteiger partial charge in [0.05, 0.1) is 5.52 Å². The van der Waals surface area contributed by atoms with Crippen molar-refractivity contribution in [2.75, 3.05) is 0 Å². The molecule has 0 fully saturated rings. The molecule has 2 nitrogen and oxygen atoms in total. The van der Waals surface area contributed by atoms with E-state index in [0.717, 1.165) is 35.0 Å². The number of hydrogen-bond acceptors (Lipinski definition) is 2. The molecule has 2 aromatic rings. The minimum absolute atomic E-state index is 0.586. The second-order valence-corrected chi connectivity index (χ2v) is 4.03. The minimum atomic E-state index is 0.586. The maximum atomic E-state index is 6.08. The number of pyridine rings is 2. The van der Waals surface area contributed by atoms with E-state index in [1.54, 1.807) is 6.20 Å². The topological polar surface area (TPSA) is 25.8 Å². The molecule has 0 bridgehead atoms. The number of nitrogens with zero attached hydrogens (tertiary/aromatic N) is 2. The van der Waals surface area contributed by atoms with Gasteiger partial charge < -0.3 is 0 Å². The lowest BCUT2D eigenvalue weighted by Crippen LogP contribution is -1.94. The third kappa shape index (κ3) is 1.95. The lowest BCUT2D eigenvalue weighted by Gasteiger charge is -2.06. The SMILES string of the molecule is CCCc1c(Cl)ncc2ccc(C)nc12. The molecule has 78 valence electrons. The maximum absolute atomic E-state index is 6.08. The Morgan fingerprint density at radius 2 is 2.13 bits per heavy atom. The van der Waals surface area contributed by atoms with Crippen LogP contribution < -0.4 is 0 Å². The Labute approximate surface area is 94.3 Å². The highest BCUT2D eigenvalue weighted by Gasteiger charge is 2.07. The molecule has 0 saturated heterocycles. The fourth-order valence-electron chi connectivity index (χ4n) is 1.69. The highest BCUT2D eigenvalue weighted by atomic mass is 35.5. The van der Waals surface area contributed by atoms with E-state index < -0.39 is 0 Å². The van der Waals surface area contributed by atoms with Crippen molar-refractivity contribution >= 4 is 22.5 Å². The molecule has 0 aliphatic heterocycles.